The van der Waals surface area contributed by atoms with Gasteiger partial charge < -0.3 is 9.69 Å². The van der Waals surface area contributed by atoms with Crippen LogP contribution in [0, 0.1) is 11.3 Å². The molecule has 0 aromatic carbocycles. The van der Waals surface area contributed by atoms with E-state index >= 15 is 0 Å². The monoisotopic (exact) mass is 239 g/mol. The van der Waals surface area contributed by atoms with Crippen molar-refractivity contribution in [3.05, 3.63) is 0 Å². The minimum absolute atomic E-state index is 0.273. The summed E-state index contributed by atoms with van der Waals surface area (Å²) in [7, 11) is 0. The SMILES string of the molecule is CCCC(CCC)CN1CC(C)(CC(C)=O)C1. The van der Waals surface area contributed by atoms with E-state index in [1.165, 1.54) is 32.2 Å². The minimum Gasteiger partial charge on any atom is -0.302 e. The van der Waals surface area contributed by atoms with Crippen molar-refractivity contribution >= 4 is 5.78 Å². The van der Waals surface area contributed by atoms with Crippen LogP contribution in [-0.4, -0.2) is 30.3 Å². The molecule has 0 atom stereocenters. The third-order valence-electron chi connectivity index (χ3n) is 3.80. The van der Waals surface area contributed by atoms with Gasteiger partial charge in [0.05, 0.1) is 0 Å². The highest BCUT2D eigenvalue weighted by Crippen LogP contribution is 2.34. The molecule has 17 heavy (non-hydrogen) atoms. The smallest absolute Gasteiger partial charge is 0.130 e. The first-order chi connectivity index (χ1) is 7.99. The second-order valence-electron chi connectivity index (χ2n) is 6.30. The maximum absolute atomic E-state index is 11.2. The highest BCUT2D eigenvalue weighted by molar-refractivity contribution is 5.76. The van der Waals surface area contributed by atoms with Gasteiger partial charge in [-0.05, 0) is 31.1 Å². The number of rotatable bonds is 8. The summed E-state index contributed by atoms with van der Waals surface area (Å²) >= 11 is 0. The standard InChI is InChI=1S/C15H29NO/c1-5-7-14(8-6-2)10-16-11-15(4,12-16)9-13(3)17/h14H,5-12H2,1-4H3. The van der Waals surface area contributed by atoms with E-state index in [1.54, 1.807) is 6.92 Å². The molecule has 1 saturated heterocycles. The van der Waals surface area contributed by atoms with Crippen LogP contribution in [0.4, 0.5) is 0 Å². The summed E-state index contributed by atoms with van der Waals surface area (Å²) in [5, 5.41) is 0. The molecule has 1 aliphatic heterocycles. The Morgan fingerprint density at radius 1 is 1.24 bits per heavy atom. The van der Waals surface area contributed by atoms with E-state index in [0.29, 0.717) is 5.78 Å². The Morgan fingerprint density at radius 3 is 2.18 bits per heavy atom. The Balaban J connectivity index is 2.28. The highest BCUT2D eigenvalue weighted by atomic mass is 16.1. The van der Waals surface area contributed by atoms with Gasteiger partial charge in [0.2, 0.25) is 0 Å². The molecule has 1 rings (SSSR count). The van der Waals surface area contributed by atoms with Crippen molar-refractivity contribution in [2.24, 2.45) is 11.3 Å². The molecule has 0 N–H and O–H groups in total. The van der Waals surface area contributed by atoms with Gasteiger partial charge >= 0.3 is 0 Å². The van der Waals surface area contributed by atoms with Crippen LogP contribution in [0.5, 0.6) is 0 Å². The van der Waals surface area contributed by atoms with E-state index < -0.39 is 0 Å². The lowest BCUT2D eigenvalue weighted by Crippen LogP contribution is -2.56. The first-order valence-electron chi connectivity index (χ1n) is 7.21. The molecule has 0 amide bonds. The van der Waals surface area contributed by atoms with Crippen molar-refractivity contribution in [1.29, 1.82) is 0 Å². The zero-order chi connectivity index (χ0) is 12.9. The van der Waals surface area contributed by atoms with E-state index in [0.717, 1.165) is 25.4 Å². The summed E-state index contributed by atoms with van der Waals surface area (Å²) in [5.74, 6) is 1.21. The Kier molecular flexibility index (Phi) is 5.64. The molecule has 0 bridgehead atoms. The van der Waals surface area contributed by atoms with Gasteiger partial charge in [0.15, 0.2) is 0 Å². The van der Waals surface area contributed by atoms with Crippen molar-refractivity contribution in [3.63, 3.8) is 0 Å². The topological polar surface area (TPSA) is 20.3 Å². The number of ketones is 1. The number of likely N-dealkylation sites (tertiary alicyclic amines) is 1. The lowest BCUT2D eigenvalue weighted by molar-refractivity contribution is -0.122. The first kappa shape index (κ1) is 14.7. The van der Waals surface area contributed by atoms with Crippen LogP contribution in [0.3, 0.4) is 0 Å². The maximum Gasteiger partial charge on any atom is 0.130 e. The number of carbonyl (C=O) groups is 1. The van der Waals surface area contributed by atoms with Gasteiger partial charge in [-0.3, -0.25) is 0 Å². The number of nitrogens with zero attached hydrogens (tertiary/aromatic N) is 1. The molecule has 0 unspecified atom stereocenters. The van der Waals surface area contributed by atoms with E-state index in [-0.39, 0.29) is 5.41 Å². The molecule has 2 nitrogen and oxygen atoms in total. The van der Waals surface area contributed by atoms with Gasteiger partial charge in [-0.15, -0.1) is 0 Å². The van der Waals surface area contributed by atoms with E-state index in [4.69, 9.17) is 0 Å². The molecular formula is C15H29NO. The zero-order valence-corrected chi connectivity index (χ0v) is 12.1. The molecule has 0 radical (unpaired) electrons. The lowest BCUT2D eigenvalue weighted by atomic mass is 9.77. The predicted octanol–water partition coefficient (Wildman–Crippen LogP) is 3.50. The average molecular weight is 239 g/mol. The van der Waals surface area contributed by atoms with E-state index in [2.05, 4.69) is 25.7 Å². The number of hydrogen-bond donors (Lipinski definition) is 0. The van der Waals surface area contributed by atoms with Gasteiger partial charge in [-0.2, -0.15) is 0 Å². The van der Waals surface area contributed by atoms with Crippen LogP contribution in [0.15, 0.2) is 0 Å². The largest absolute Gasteiger partial charge is 0.302 e. The normalized spacial score (nSPS) is 19.4. The predicted molar refractivity (Wildman–Crippen MR) is 73.2 cm³/mol. The van der Waals surface area contributed by atoms with Gasteiger partial charge in [-0.25, -0.2) is 0 Å². The number of Topliss-reactive ketones (excluding diaryl/α,β-unsaturated/α-hetero) is 1. The third-order valence-corrected chi connectivity index (χ3v) is 3.80. The van der Waals surface area contributed by atoms with Crippen molar-refractivity contribution in [3.8, 4) is 0 Å². The summed E-state index contributed by atoms with van der Waals surface area (Å²) in [6, 6.07) is 0. The molecule has 0 saturated carbocycles. The summed E-state index contributed by atoms with van der Waals surface area (Å²) < 4.78 is 0. The molecule has 0 aromatic rings. The summed E-state index contributed by atoms with van der Waals surface area (Å²) in [4.78, 5) is 13.7. The van der Waals surface area contributed by atoms with Crippen LogP contribution < -0.4 is 0 Å². The van der Waals surface area contributed by atoms with Crippen molar-refractivity contribution < 1.29 is 4.79 Å². The molecule has 0 aromatic heterocycles. The fraction of sp³-hybridized carbons (Fsp3) is 0.933. The van der Waals surface area contributed by atoms with Gasteiger partial charge in [0.1, 0.15) is 5.78 Å². The average Bonchev–Trinajstić information content (AvgIpc) is 2.14. The molecule has 0 aliphatic carbocycles. The fourth-order valence-corrected chi connectivity index (χ4v) is 3.38. The fourth-order valence-electron chi connectivity index (χ4n) is 3.38. The van der Waals surface area contributed by atoms with Crippen LogP contribution in [-0.2, 0) is 4.79 Å². The van der Waals surface area contributed by atoms with Crippen molar-refractivity contribution in [1.82, 2.24) is 4.90 Å². The summed E-state index contributed by atoms with van der Waals surface area (Å²) in [6.07, 6.45) is 6.06. The first-order valence-corrected chi connectivity index (χ1v) is 7.21. The number of hydrogen-bond acceptors (Lipinski definition) is 2. The van der Waals surface area contributed by atoms with E-state index in [1.807, 2.05) is 0 Å². The summed E-state index contributed by atoms with van der Waals surface area (Å²) in [5.41, 5.74) is 0.273. The second kappa shape index (κ2) is 6.53. The van der Waals surface area contributed by atoms with Crippen molar-refractivity contribution in [2.45, 2.75) is 59.8 Å². The minimum atomic E-state index is 0.273. The molecule has 1 fully saturated rings. The molecular weight excluding hydrogens is 210 g/mol. The van der Waals surface area contributed by atoms with Gasteiger partial charge in [-0.1, -0.05) is 33.6 Å². The van der Waals surface area contributed by atoms with Gasteiger partial charge in [0.25, 0.3) is 0 Å². The lowest BCUT2D eigenvalue weighted by Gasteiger charge is -2.49. The van der Waals surface area contributed by atoms with Gasteiger partial charge in [0, 0.05) is 26.1 Å². The Hall–Kier alpha value is -0.370. The third kappa shape index (κ3) is 4.79. The van der Waals surface area contributed by atoms with Crippen molar-refractivity contribution in [2.75, 3.05) is 19.6 Å². The van der Waals surface area contributed by atoms with Crippen LogP contribution in [0.1, 0.15) is 59.8 Å². The number of carbonyl (C=O) groups excluding carboxylic acids is 1. The zero-order valence-electron chi connectivity index (χ0n) is 12.1. The molecule has 1 heterocycles. The highest BCUT2D eigenvalue weighted by Gasteiger charge is 2.39. The molecule has 100 valence electrons. The molecule has 2 heteroatoms. The quantitative estimate of drug-likeness (QED) is 0.646. The Bertz CT molecular complexity index is 237. The van der Waals surface area contributed by atoms with Crippen LogP contribution in [0.25, 0.3) is 0 Å². The van der Waals surface area contributed by atoms with Crippen LogP contribution >= 0.6 is 0 Å². The Morgan fingerprint density at radius 2 is 1.76 bits per heavy atom. The maximum atomic E-state index is 11.2. The van der Waals surface area contributed by atoms with Crippen LogP contribution in [0.2, 0.25) is 0 Å². The van der Waals surface area contributed by atoms with E-state index in [9.17, 15) is 4.79 Å². The molecule has 0 spiro atoms. The summed E-state index contributed by atoms with van der Waals surface area (Å²) in [6.45, 7) is 12.0. The Labute approximate surface area is 107 Å². The second-order valence-corrected chi connectivity index (χ2v) is 6.30. The molecule has 1 aliphatic rings.